The van der Waals surface area contributed by atoms with Crippen molar-refractivity contribution in [3.05, 3.63) is 89.0 Å². The van der Waals surface area contributed by atoms with Crippen molar-refractivity contribution in [1.29, 1.82) is 0 Å². The Balaban J connectivity index is 0.00000561. The van der Waals surface area contributed by atoms with E-state index in [1.165, 1.54) is 7.11 Å². The first-order valence-corrected chi connectivity index (χ1v) is 18.0. The number of carbonyl (C=O) groups is 1. The number of carbonyl (C=O) groups excluding carboxylic acids is 1. The molecule has 15 heteroatoms. The number of nitrogens with zero attached hydrogens (tertiary/aromatic N) is 5. The average molecular weight is 782 g/mol. The van der Waals surface area contributed by atoms with Gasteiger partial charge in [0.1, 0.15) is 5.75 Å². The summed E-state index contributed by atoms with van der Waals surface area (Å²) in [6, 6.07) is 16.9. The number of ether oxygens (including phenoxy) is 2. The summed E-state index contributed by atoms with van der Waals surface area (Å²) in [5, 5.41) is 0. The zero-order valence-corrected chi connectivity index (χ0v) is 31.2. The van der Waals surface area contributed by atoms with Gasteiger partial charge in [-0.15, -0.1) is 12.4 Å². The van der Waals surface area contributed by atoms with Gasteiger partial charge >= 0.3 is 12.4 Å². The van der Waals surface area contributed by atoms with Gasteiger partial charge in [-0.3, -0.25) is 4.79 Å². The van der Waals surface area contributed by atoms with Crippen molar-refractivity contribution >= 4 is 35.3 Å². The number of aromatic nitrogens is 2. The number of rotatable bonds is 13. The summed E-state index contributed by atoms with van der Waals surface area (Å²) in [4.78, 5) is 25.5. The van der Waals surface area contributed by atoms with Gasteiger partial charge in [0.25, 0.3) is 0 Å². The fourth-order valence-electron chi connectivity index (χ4n) is 7.67. The van der Waals surface area contributed by atoms with Crippen molar-refractivity contribution in [3.8, 4) is 5.75 Å². The molecule has 0 bridgehead atoms. The van der Waals surface area contributed by atoms with Crippen molar-refractivity contribution < 1.29 is 40.6 Å². The maximum atomic E-state index is 14.4. The lowest BCUT2D eigenvalue weighted by atomic mass is 9.76. The first-order valence-electron chi connectivity index (χ1n) is 18.0. The van der Waals surface area contributed by atoms with Gasteiger partial charge < -0.3 is 28.7 Å². The van der Waals surface area contributed by atoms with Gasteiger partial charge in [0.15, 0.2) is 0 Å². The van der Waals surface area contributed by atoms with Crippen LogP contribution in [0.1, 0.15) is 48.4 Å². The van der Waals surface area contributed by atoms with Crippen LogP contribution in [0.25, 0.3) is 11.0 Å². The number of imidazole rings is 1. The second kappa shape index (κ2) is 17.2. The minimum atomic E-state index is -4.99. The Labute approximate surface area is 317 Å². The van der Waals surface area contributed by atoms with Crippen LogP contribution < -0.4 is 9.64 Å². The van der Waals surface area contributed by atoms with E-state index >= 15 is 0 Å². The average Bonchev–Trinajstić information content (AvgIpc) is 3.52. The molecule has 1 amide bonds. The first-order chi connectivity index (χ1) is 25.3. The molecule has 0 saturated carbocycles. The highest BCUT2D eigenvalue weighted by Crippen LogP contribution is 2.43. The van der Waals surface area contributed by atoms with Crippen molar-refractivity contribution in [2.24, 2.45) is 5.41 Å². The number of methoxy groups -OCH3 is 1. The van der Waals surface area contributed by atoms with E-state index in [9.17, 15) is 31.1 Å². The number of amides is 1. The highest BCUT2D eigenvalue weighted by Gasteiger charge is 2.47. The van der Waals surface area contributed by atoms with Gasteiger partial charge in [0.2, 0.25) is 11.9 Å². The largest absolute Gasteiger partial charge is 0.496 e. The predicted octanol–water partition coefficient (Wildman–Crippen LogP) is 8.10. The zero-order chi connectivity index (χ0) is 37.8. The lowest BCUT2D eigenvalue weighted by Gasteiger charge is -2.32. The summed E-state index contributed by atoms with van der Waals surface area (Å²) in [7, 11) is 1.53. The normalized spacial score (nSPS) is 18.6. The fraction of sp³-hybridized carbons (Fsp3) is 0.487. The van der Waals surface area contributed by atoms with Crippen LogP contribution in [0.3, 0.4) is 0 Å². The number of benzene rings is 3. The van der Waals surface area contributed by atoms with Crippen LogP contribution in [0.4, 0.5) is 32.3 Å². The predicted molar refractivity (Wildman–Crippen MR) is 197 cm³/mol. The van der Waals surface area contributed by atoms with Crippen LogP contribution in [0, 0.1) is 5.41 Å². The highest BCUT2D eigenvalue weighted by atomic mass is 35.5. The number of likely N-dealkylation sites (tertiary alicyclic amines) is 1. The summed E-state index contributed by atoms with van der Waals surface area (Å²) < 4.78 is 96.5. The quantitative estimate of drug-likeness (QED) is 0.101. The van der Waals surface area contributed by atoms with Crippen LogP contribution in [-0.2, 0) is 41.4 Å². The third-order valence-electron chi connectivity index (χ3n) is 10.4. The molecule has 2 fully saturated rings. The summed E-state index contributed by atoms with van der Waals surface area (Å²) >= 11 is 0. The van der Waals surface area contributed by atoms with E-state index in [1.807, 2.05) is 49.4 Å². The molecule has 2 saturated heterocycles. The molecular weight excluding hydrogens is 736 g/mol. The van der Waals surface area contributed by atoms with Crippen LogP contribution in [0.2, 0.25) is 0 Å². The topological polar surface area (TPSA) is 63.1 Å². The lowest BCUT2D eigenvalue weighted by Crippen LogP contribution is -2.40. The Morgan fingerprint density at radius 1 is 0.852 bits per heavy atom. The van der Waals surface area contributed by atoms with Crippen LogP contribution in [-0.4, -0.2) is 84.9 Å². The van der Waals surface area contributed by atoms with Gasteiger partial charge in [-0.05, 0) is 87.7 Å². The van der Waals surface area contributed by atoms with Gasteiger partial charge in [-0.25, -0.2) is 4.98 Å². The maximum Gasteiger partial charge on any atom is 0.416 e. The molecule has 1 aromatic heterocycles. The number of hydrogen-bond donors (Lipinski definition) is 0. The van der Waals surface area contributed by atoms with Gasteiger partial charge in [0, 0.05) is 51.4 Å². The molecule has 54 heavy (non-hydrogen) atoms. The number of fused-ring (bicyclic) bond motifs is 1. The van der Waals surface area contributed by atoms with E-state index in [1.54, 1.807) is 11.0 Å². The van der Waals surface area contributed by atoms with E-state index < -0.39 is 28.9 Å². The van der Waals surface area contributed by atoms with Crippen molar-refractivity contribution in [3.63, 3.8) is 0 Å². The minimum absolute atomic E-state index is 0. The molecule has 6 rings (SSSR count). The number of para-hydroxylation sites is 3. The van der Waals surface area contributed by atoms with Crippen molar-refractivity contribution in [2.45, 2.75) is 58.0 Å². The molecule has 3 heterocycles. The smallest absolute Gasteiger partial charge is 0.416 e. The van der Waals surface area contributed by atoms with Crippen LogP contribution in [0.15, 0.2) is 66.7 Å². The second-order valence-electron chi connectivity index (χ2n) is 13.8. The highest BCUT2D eigenvalue weighted by molar-refractivity contribution is 5.86. The third-order valence-corrected chi connectivity index (χ3v) is 10.4. The van der Waals surface area contributed by atoms with Crippen LogP contribution >= 0.6 is 12.4 Å². The van der Waals surface area contributed by atoms with Crippen molar-refractivity contribution in [1.82, 2.24) is 19.4 Å². The molecular formula is C39H46ClF6N5O3. The summed E-state index contributed by atoms with van der Waals surface area (Å²) in [5.74, 6) is 1.16. The molecule has 0 radical (unpaired) electrons. The Morgan fingerprint density at radius 2 is 1.56 bits per heavy atom. The molecule has 4 aromatic rings. The Kier molecular flexibility index (Phi) is 13.1. The number of anilines is 1. The molecule has 0 N–H and O–H groups in total. The molecule has 2 aliphatic rings. The van der Waals surface area contributed by atoms with E-state index in [0.717, 1.165) is 47.6 Å². The molecule has 0 spiro atoms. The summed E-state index contributed by atoms with van der Waals surface area (Å²) in [6.45, 7) is 7.49. The first kappa shape index (κ1) is 41.2. The molecule has 3 aromatic carbocycles. The maximum absolute atomic E-state index is 14.4. The Hall–Kier alpha value is -4.01. The molecule has 294 valence electrons. The summed E-state index contributed by atoms with van der Waals surface area (Å²) in [6.07, 6.45) is -8.84. The van der Waals surface area contributed by atoms with Crippen molar-refractivity contribution in [2.75, 3.05) is 64.5 Å². The summed E-state index contributed by atoms with van der Waals surface area (Å²) in [5.41, 5.74) is -1.45. The van der Waals surface area contributed by atoms with E-state index in [-0.39, 0.29) is 49.3 Å². The van der Waals surface area contributed by atoms with Crippen LogP contribution in [0.5, 0.6) is 5.75 Å². The third kappa shape index (κ3) is 9.26. The molecule has 1 atom stereocenters. The SMILES string of the molecule is CCOCCn1c(N2CCCN(CCC3(Cc4cc(C(F)(F)F)cc(C(F)(F)F)c4)CCN(Cc4ccccc4OC)C3=O)CC2)nc2ccccc21.Cl. The van der Waals surface area contributed by atoms with Gasteiger partial charge in [0.05, 0.1) is 41.3 Å². The molecule has 0 aliphatic carbocycles. The molecule has 1 unspecified atom stereocenters. The minimum Gasteiger partial charge on any atom is -0.496 e. The Bertz CT molecular complexity index is 1850. The van der Waals surface area contributed by atoms with E-state index in [0.29, 0.717) is 64.7 Å². The lowest BCUT2D eigenvalue weighted by molar-refractivity contribution is -0.143. The standard InChI is InChI=1S/C39H45F6N5O3.ClH/c1-3-53-22-21-50-33-11-6-5-10-32(33)46-36(50)48-16-8-15-47(19-20-48)17-13-37(14-18-49(35(37)51)27-29-9-4-7-12-34(29)52-2)26-28-23-30(38(40,41)42)25-31(24-28)39(43,44)45;/h4-7,9-12,23-25H,3,8,13-22,26-27H2,1-2H3;1H. The van der Waals surface area contributed by atoms with Gasteiger partial charge in [-0.2, -0.15) is 26.3 Å². The van der Waals surface area contributed by atoms with E-state index in [4.69, 9.17) is 14.5 Å². The molecule has 2 aliphatic heterocycles. The number of alkyl halides is 6. The monoisotopic (exact) mass is 781 g/mol. The number of hydrogen-bond acceptors (Lipinski definition) is 6. The van der Waals surface area contributed by atoms with Gasteiger partial charge in [-0.1, -0.05) is 30.3 Å². The van der Waals surface area contributed by atoms with E-state index in [2.05, 4.69) is 14.4 Å². The number of halogens is 7. The fourth-order valence-corrected chi connectivity index (χ4v) is 7.67. The Morgan fingerprint density at radius 3 is 2.26 bits per heavy atom. The molecule has 8 nitrogen and oxygen atoms in total. The zero-order valence-electron chi connectivity index (χ0n) is 30.4. The second-order valence-corrected chi connectivity index (χ2v) is 13.8.